The molecule has 0 heterocycles. The average Bonchev–Trinajstić information content (AvgIpc) is 2.81. The number of halogens is 3. The number of carbonyl (C=O) groups is 3. The lowest BCUT2D eigenvalue weighted by molar-refractivity contribution is -0.192. The Morgan fingerprint density at radius 1 is 1.05 bits per heavy atom. The number of nitrogen functional groups attached to an aromatic ring is 1. The number of methoxy groups -OCH3 is 1. The van der Waals surface area contributed by atoms with E-state index in [2.05, 4.69) is 25.0 Å². The molecule has 38 heavy (non-hydrogen) atoms. The zero-order valence-electron chi connectivity index (χ0n) is 21.6. The van der Waals surface area contributed by atoms with Gasteiger partial charge in [-0.15, -0.1) is 0 Å². The molecule has 13 heteroatoms. The standard InChI is InChI=1S/C23H32N2O5Si.C2HF3O2/c1-29-20-11-10-17(18(21(20)24)12-13-31(2,3)4)14-19(22(26)27)25-23(28)30-15-16-8-6-5-7-9-16;3-2(4,5)1(6)7/h5-11,19H,12-15,24H2,1-4H3,(H,25,28)(H,26,27);(H,6,7)/t19-;/m0./s1. The SMILES string of the molecule is COc1ccc(C[C@H](NC(=O)OCc2ccccc2)C(=O)O)c(CC[Si](C)(C)C)c1N.O=C(O)C(F)(F)F. The monoisotopic (exact) mass is 558 g/mol. The van der Waals surface area contributed by atoms with Crippen LogP contribution in [0.2, 0.25) is 25.7 Å². The Morgan fingerprint density at radius 3 is 2.11 bits per heavy atom. The smallest absolute Gasteiger partial charge is 0.490 e. The lowest BCUT2D eigenvalue weighted by Gasteiger charge is -2.22. The first-order valence-electron chi connectivity index (χ1n) is 11.5. The number of hydrogen-bond donors (Lipinski definition) is 4. The van der Waals surface area contributed by atoms with E-state index >= 15 is 0 Å². The number of amides is 1. The maximum absolute atomic E-state index is 12.2. The average molecular weight is 559 g/mol. The van der Waals surface area contributed by atoms with Gasteiger partial charge in [0.25, 0.3) is 0 Å². The molecule has 0 radical (unpaired) electrons. The molecule has 2 rings (SSSR count). The fraction of sp³-hybridized carbons (Fsp3) is 0.400. The van der Waals surface area contributed by atoms with Crippen LogP contribution in [-0.2, 0) is 33.8 Å². The summed E-state index contributed by atoms with van der Waals surface area (Å²) in [7, 11) is 0.207. The number of aliphatic carboxylic acids is 2. The normalized spacial score (nSPS) is 12.0. The second-order valence-electron chi connectivity index (χ2n) is 9.48. The lowest BCUT2D eigenvalue weighted by atomic mass is 9.96. The van der Waals surface area contributed by atoms with Gasteiger partial charge < -0.3 is 30.7 Å². The van der Waals surface area contributed by atoms with Crippen molar-refractivity contribution in [3.8, 4) is 5.75 Å². The molecule has 0 fully saturated rings. The Morgan fingerprint density at radius 2 is 1.63 bits per heavy atom. The zero-order valence-corrected chi connectivity index (χ0v) is 22.6. The van der Waals surface area contributed by atoms with E-state index in [0.29, 0.717) is 11.4 Å². The van der Waals surface area contributed by atoms with Crippen molar-refractivity contribution in [3.05, 3.63) is 59.2 Å². The van der Waals surface area contributed by atoms with E-state index in [1.807, 2.05) is 36.4 Å². The summed E-state index contributed by atoms with van der Waals surface area (Å²) in [5.41, 5.74) is 9.33. The summed E-state index contributed by atoms with van der Waals surface area (Å²) in [4.78, 5) is 32.9. The lowest BCUT2D eigenvalue weighted by Crippen LogP contribution is -2.42. The van der Waals surface area contributed by atoms with Crippen molar-refractivity contribution in [1.29, 1.82) is 0 Å². The second kappa shape index (κ2) is 14.3. The first kappa shape index (κ1) is 32.3. The fourth-order valence-electron chi connectivity index (χ4n) is 3.18. The molecule has 1 atom stereocenters. The molecule has 5 N–H and O–H groups in total. The molecule has 0 aliphatic heterocycles. The van der Waals surface area contributed by atoms with Crippen LogP contribution in [0.25, 0.3) is 0 Å². The van der Waals surface area contributed by atoms with Gasteiger partial charge in [0.05, 0.1) is 12.8 Å². The summed E-state index contributed by atoms with van der Waals surface area (Å²) in [6.07, 6.45) is -5.02. The number of carbonyl (C=O) groups excluding carboxylic acids is 1. The highest BCUT2D eigenvalue weighted by Gasteiger charge is 2.38. The van der Waals surface area contributed by atoms with Gasteiger partial charge in [0.15, 0.2) is 0 Å². The van der Waals surface area contributed by atoms with Gasteiger partial charge in [0.1, 0.15) is 18.4 Å². The van der Waals surface area contributed by atoms with Crippen molar-refractivity contribution in [2.24, 2.45) is 0 Å². The predicted octanol–water partition coefficient (Wildman–Crippen LogP) is 4.71. The van der Waals surface area contributed by atoms with Crippen LogP contribution in [-0.4, -0.2) is 55.6 Å². The Balaban J connectivity index is 0.000000905. The number of nitrogens with two attached hydrogens (primary N) is 1. The first-order chi connectivity index (χ1) is 17.5. The number of benzene rings is 2. The van der Waals surface area contributed by atoms with Gasteiger partial charge >= 0.3 is 24.2 Å². The number of nitrogens with one attached hydrogen (secondary N) is 1. The summed E-state index contributed by atoms with van der Waals surface area (Å²) >= 11 is 0. The number of hydrogen-bond acceptors (Lipinski definition) is 6. The molecule has 210 valence electrons. The summed E-state index contributed by atoms with van der Waals surface area (Å²) in [5.74, 6) is -3.33. The summed E-state index contributed by atoms with van der Waals surface area (Å²) in [6.45, 7) is 6.88. The van der Waals surface area contributed by atoms with E-state index in [1.165, 1.54) is 0 Å². The van der Waals surface area contributed by atoms with Crippen LogP contribution in [0.5, 0.6) is 5.75 Å². The molecule has 2 aromatic carbocycles. The summed E-state index contributed by atoms with van der Waals surface area (Å²) in [6, 6.07) is 12.6. The van der Waals surface area contributed by atoms with Crippen molar-refractivity contribution < 1.29 is 47.2 Å². The van der Waals surface area contributed by atoms with Crippen LogP contribution in [0, 0.1) is 0 Å². The van der Waals surface area contributed by atoms with Crippen molar-refractivity contribution >= 4 is 31.8 Å². The van der Waals surface area contributed by atoms with Crippen LogP contribution in [0.4, 0.5) is 23.7 Å². The topological polar surface area (TPSA) is 148 Å². The molecule has 0 saturated carbocycles. The largest absolute Gasteiger partial charge is 0.495 e. The third kappa shape index (κ3) is 11.5. The van der Waals surface area contributed by atoms with Crippen LogP contribution in [0.15, 0.2) is 42.5 Å². The minimum Gasteiger partial charge on any atom is -0.495 e. The predicted molar refractivity (Wildman–Crippen MR) is 138 cm³/mol. The van der Waals surface area contributed by atoms with Crippen molar-refractivity contribution in [2.45, 2.75) is 57.4 Å². The highest BCUT2D eigenvalue weighted by atomic mass is 28.3. The molecule has 1 amide bonds. The minimum absolute atomic E-state index is 0.0654. The van der Waals surface area contributed by atoms with Gasteiger partial charge in [-0.1, -0.05) is 62.1 Å². The first-order valence-corrected chi connectivity index (χ1v) is 15.2. The highest BCUT2D eigenvalue weighted by molar-refractivity contribution is 6.76. The van der Waals surface area contributed by atoms with Crippen molar-refractivity contribution in [2.75, 3.05) is 12.8 Å². The van der Waals surface area contributed by atoms with Gasteiger partial charge in [-0.3, -0.25) is 0 Å². The van der Waals surface area contributed by atoms with Crippen molar-refractivity contribution in [1.82, 2.24) is 5.32 Å². The summed E-state index contributed by atoms with van der Waals surface area (Å²) in [5, 5.41) is 19.3. The number of carboxylic acid groups (broad SMARTS) is 2. The van der Waals surface area contributed by atoms with E-state index < -0.39 is 38.3 Å². The Bertz CT molecular complexity index is 1090. The minimum atomic E-state index is -5.08. The van der Waals surface area contributed by atoms with Gasteiger partial charge in [0, 0.05) is 14.5 Å². The number of alkyl halides is 3. The van der Waals surface area contributed by atoms with Crippen LogP contribution in [0.1, 0.15) is 16.7 Å². The molecule has 0 bridgehead atoms. The highest BCUT2D eigenvalue weighted by Crippen LogP contribution is 2.31. The van der Waals surface area contributed by atoms with Gasteiger partial charge in [-0.2, -0.15) is 13.2 Å². The maximum atomic E-state index is 12.2. The fourth-order valence-corrected chi connectivity index (χ4v) is 4.18. The molecule has 9 nitrogen and oxygen atoms in total. The summed E-state index contributed by atoms with van der Waals surface area (Å²) < 4.78 is 42.3. The van der Waals surface area contributed by atoms with E-state index in [9.17, 15) is 27.9 Å². The Labute approximate surface area is 219 Å². The maximum Gasteiger partial charge on any atom is 0.490 e. The van der Waals surface area contributed by atoms with Gasteiger partial charge in [0.2, 0.25) is 0 Å². The number of ether oxygens (including phenoxy) is 2. The number of alkyl carbamates (subject to hydrolysis) is 1. The Hall–Kier alpha value is -3.74. The van der Waals surface area contributed by atoms with Gasteiger partial charge in [-0.05, 0) is 29.2 Å². The number of rotatable bonds is 10. The molecular weight excluding hydrogens is 525 g/mol. The van der Waals surface area contributed by atoms with Crippen LogP contribution >= 0.6 is 0 Å². The van der Waals surface area contributed by atoms with E-state index in [1.54, 1.807) is 13.2 Å². The second-order valence-corrected chi connectivity index (χ2v) is 15.1. The molecule has 0 aliphatic carbocycles. The molecule has 0 spiro atoms. The van der Waals surface area contributed by atoms with Crippen LogP contribution in [0.3, 0.4) is 0 Å². The molecule has 0 unspecified atom stereocenters. The van der Waals surface area contributed by atoms with E-state index in [-0.39, 0.29) is 13.0 Å². The van der Waals surface area contributed by atoms with Crippen LogP contribution < -0.4 is 15.8 Å². The molecule has 2 aromatic rings. The Kier molecular flexibility index (Phi) is 12.1. The van der Waals surface area contributed by atoms with E-state index in [0.717, 1.165) is 29.2 Å². The number of carboxylic acids is 2. The number of anilines is 1. The third-order valence-corrected chi connectivity index (χ3v) is 6.98. The third-order valence-electron chi connectivity index (χ3n) is 5.23. The van der Waals surface area contributed by atoms with E-state index in [4.69, 9.17) is 25.1 Å². The van der Waals surface area contributed by atoms with Gasteiger partial charge in [-0.25, -0.2) is 14.4 Å². The zero-order chi connectivity index (χ0) is 29.1. The molecular formula is C25H33F3N2O7Si. The molecule has 0 aromatic heterocycles. The quantitative estimate of drug-likeness (QED) is 0.242. The molecule has 0 aliphatic rings. The van der Waals surface area contributed by atoms with Crippen molar-refractivity contribution in [3.63, 3.8) is 0 Å². The molecule has 0 saturated heterocycles.